The minimum atomic E-state index is -0.794. The zero-order chi connectivity index (χ0) is 24.1. The molecule has 0 bridgehead atoms. The van der Waals surface area contributed by atoms with Crippen LogP contribution in [0.3, 0.4) is 0 Å². The standard InChI is InChI=1S/C26H33N5O3/c1-19-8-9-22(20(2)16-19)28-24(32)17-23-26(34)27-10-11-31(23)25(33)18-29-12-14-30(15-13-29)21-6-4-3-5-7-21/h3-9,16,23H,10-15,17-18H2,1-2H3,(H,27,34)(H,28,32). The second kappa shape index (κ2) is 10.7. The Hall–Kier alpha value is -3.39. The molecule has 0 aliphatic carbocycles. The minimum absolute atomic E-state index is 0.0628. The lowest BCUT2D eigenvalue weighted by Crippen LogP contribution is -2.60. The van der Waals surface area contributed by atoms with E-state index in [1.807, 2.05) is 50.2 Å². The monoisotopic (exact) mass is 463 g/mol. The van der Waals surface area contributed by atoms with Gasteiger partial charge in [-0.3, -0.25) is 19.3 Å². The van der Waals surface area contributed by atoms with Gasteiger partial charge in [-0.2, -0.15) is 0 Å². The molecule has 0 spiro atoms. The number of hydrogen-bond donors (Lipinski definition) is 2. The highest BCUT2D eigenvalue weighted by molar-refractivity contribution is 5.98. The van der Waals surface area contributed by atoms with E-state index in [1.165, 1.54) is 5.69 Å². The van der Waals surface area contributed by atoms with Gasteiger partial charge in [0.25, 0.3) is 0 Å². The zero-order valence-electron chi connectivity index (χ0n) is 19.9. The van der Waals surface area contributed by atoms with E-state index in [0.717, 1.165) is 43.0 Å². The minimum Gasteiger partial charge on any atom is -0.369 e. The van der Waals surface area contributed by atoms with Crippen molar-refractivity contribution in [1.82, 2.24) is 15.1 Å². The van der Waals surface area contributed by atoms with E-state index >= 15 is 0 Å². The Kier molecular flexibility index (Phi) is 7.47. The van der Waals surface area contributed by atoms with Crippen molar-refractivity contribution in [1.29, 1.82) is 0 Å². The maximum absolute atomic E-state index is 13.2. The fraction of sp³-hybridized carbons (Fsp3) is 0.423. The SMILES string of the molecule is Cc1ccc(NC(=O)CC2C(=O)NCCN2C(=O)CN2CCN(c3ccccc3)CC2)c(C)c1. The number of carbonyl (C=O) groups is 3. The van der Waals surface area contributed by atoms with Gasteiger partial charge in [0.2, 0.25) is 17.7 Å². The Morgan fingerprint density at radius 2 is 1.74 bits per heavy atom. The zero-order valence-corrected chi connectivity index (χ0v) is 19.9. The van der Waals surface area contributed by atoms with Gasteiger partial charge < -0.3 is 20.4 Å². The Morgan fingerprint density at radius 1 is 1.00 bits per heavy atom. The van der Waals surface area contributed by atoms with Crippen molar-refractivity contribution in [3.8, 4) is 0 Å². The summed E-state index contributed by atoms with van der Waals surface area (Å²) in [5.74, 6) is -0.653. The number of benzene rings is 2. The predicted molar refractivity (Wildman–Crippen MR) is 133 cm³/mol. The average Bonchev–Trinajstić information content (AvgIpc) is 2.83. The Labute approximate surface area is 200 Å². The summed E-state index contributed by atoms with van der Waals surface area (Å²) in [6, 6.07) is 15.3. The number of aryl methyl sites for hydroxylation is 2. The molecule has 2 aliphatic heterocycles. The third-order valence-corrected chi connectivity index (χ3v) is 6.54. The lowest BCUT2D eigenvalue weighted by atomic mass is 10.1. The topological polar surface area (TPSA) is 85.0 Å². The second-order valence-corrected chi connectivity index (χ2v) is 9.06. The normalized spacial score (nSPS) is 19.0. The molecule has 2 heterocycles. The summed E-state index contributed by atoms with van der Waals surface area (Å²) in [5.41, 5.74) is 3.99. The van der Waals surface area contributed by atoms with Crippen molar-refractivity contribution in [2.75, 3.05) is 56.0 Å². The first-order valence-electron chi connectivity index (χ1n) is 11.9. The van der Waals surface area contributed by atoms with E-state index in [-0.39, 0.29) is 30.7 Å². The molecule has 4 rings (SSSR count). The van der Waals surface area contributed by atoms with E-state index in [2.05, 4.69) is 32.6 Å². The van der Waals surface area contributed by atoms with Crippen LogP contribution in [0.1, 0.15) is 17.5 Å². The number of amides is 3. The molecule has 0 radical (unpaired) electrons. The predicted octanol–water partition coefficient (Wildman–Crippen LogP) is 1.78. The van der Waals surface area contributed by atoms with E-state index < -0.39 is 6.04 Å². The van der Waals surface area contributed by atoms with E-state index in [4.69, 9.17) is 0 Å². The molecule has 180 valence electrons. The van der Waals surface area contributed by atoms with Crippen molar-refractivity contribution >= 4 is 29.1 Å². The molecule has 2 aromatic carbocycles. The van der Waals surface area contributed by atoms with Crippen LogP contribution in [0.25, 0.3) is 0 Å². The van der Waals surface area contributed by atoms with Gasteiger partial charge in [0.1, 0.15) is 6.04 Å². The molecule has 34 heavy (non-hydrogen) atoms. The quantitative estimate of drug-likeness (QED) is 0.682. The molecule has 1 unspecified atom stereocenters. The van der Waals surface area contributed by atoms with Crippen LogP contribution < -0.4 is 15.5 Å². The van der Waals surface area contributed by atoms with Gasteiger partial charge in [-0.15, -0.1) is 0 Å². The summed E-state index contributed by atoms with van der Waals surface area (Å²) >= 11 is 0. The first-order valence-corrected chi connectivity index (χ1v) is 11.9. The van der Waals surface area contributed by atoms with Crippen molar-refractivity contribution in [2.24, 2.45) is 0 Å². The maximum Gasteiger partial charge on any atom is 0.243 e. The van der Waals surface area contributed by atoms with Crippen LogP contribution in [0, 0.1) is 13.8 Å². The third-order valence-electron chi connectivity index (χ3n) is 6.54. The fourth-order valence-corrected chi connectivity index (χ4v) is 4.63. The van der Waals surface area contributed by atoms with Crippen LogP contribution >= 0.6 is 0 Å². The number of carbonyl (C=O) groups excluding carboxylic acids is 3. The molecule has 0 aromatic heterocycles. The lowest BCUT2D eigenvalue weighted by molar-refractivity contribution is -0.145. The number of piperazine rings is 2. The maximum atomic E-state index is 13.2. The van der Waals surface area contributed by atoms with Gasteiger partial charge in [0.05, 0.1) is 13.0 Å². The summed E-state index contributed by atoms with van der Waals surface area (Å²) in [7, 11) is 0. The first-order chi connectivity index (χ1) is 16.4. The number of nitrogens with zero attached hydrogens (tertiary/aromatic N) is 3. The Bertz CT molecular complexity index is 1030. The van der Waals surface area contributed by atoms with Crippen molar-refractivity contribution < 1.29 is 14.4 Å². The summed E-state index contributed by atoms with van der Waals surface area (Å²) in [4.78, 5) is 44.5. The summed E-state index contributed by atoms with van der Waals surface area (Å²) in [5, 5.41) is 5.69. The summed E-state index contributed by atoms with van der Waals surface area (Å²) in [6.45, 7) is 8.25. The molecule has 0 saturated carbocycles. The van der Waals surface area contributed by atoms with Crippen LogP contribution in [-0.2, 0) is 14.4 Å². The highest BCUT2D eigenvalue weighted by Gasteiger charge is 2.35. The van der Waals surface area contributed by atoms with Gasteiger partial charge in [0.15, 0.2) is 0 Å². The summed E-state index contributed by atoms with van der Waals surface area (Å²) in [6.07, 6.45) is -0.0628. The average molecular weight is 464 g/mol. The molecule has 2 aliphatic rings. The van der Waals surface area contributed by atoms with Gasteiger partial charge in [0, 0.05) is 50.6 Å². The molecule has 2 aromatic rings. The van der Waals surface area contributed by atoms with Crippen molar-refractivity contribution in [3.63, 3.8) is 0 Å². The molecule has 8 heteroatoms. The number of anilines is 2. The second-order valence-electron chi connectivity index (χ2n) is 9.06. The molecule has 2 N–H and O–H groups in total. The van der Waals surface area contributed by atoms with Crippen LogP contribution in [0.15, 0.2) is 48.5 Å². The molecular formula is C26H33N5O3. The smallest absolute Gasteiger partial charge is 0.243 e. The third kappa shape index (κ3) is 5.75. The Balaban J connectivity index is 1.33. The van der Waals surface area contributed by atoms with E-state index in [9.17, 15) is 14.4 Å². The van der Waals surface area contributed by atoms with Gasteiger partial charge >= 0.3 is 0 Å². The highest BCUT2D eigenvalue weighted by Crippen LogP contribution is 2.19. The van der Waals surface area contributed by atoms with Crippen molar-refractivity contribution in [2.45, 2.75) is 26.3 Å². The largest absolute Gasteiger partial charge is 0.369 e. The van der Waals surface area contributed by atoms with Crippen LogP contribution in [-0.4, -0.2) is 79.4 Å². The molecule has 8 nitrogen and oxygen atoms in total. The molecular weight excluding hydrogens is 430 g/mol. The van der Waals surface area contributed by atoms with Gasteiger partial charge in [-0.05, 0) is 37.6 Å². The van der Waals surface area contributed by atoms with E-state index in [0.29, 0.717) is 13.1 Å². The Morgan fingerprint density at radius 3 is 2.44 bits per heavy atom. The first kappa shape index (κ1) is 23.8. The van der Waals surface area contributed by atoms with Crippen molar-refractivity contribution in [3.05, 3.63) is 59.7 Å². The van der Waals surface area contributed by atoms with Gasteiger partial charge in [-0.25, -0.2) is 0 Å². The fourth-order valence-electron chi connectivity index (χ4n) is 4.63. The van der Waals surface area contributed by atoms with Crippen LogP contribution in [0.4, 0.5) is 11.4 Å². The number of hydrogen-bond acceptors (Lipinski definition) is 5. The number of para-hydroxylation sites is 1. The van der Waals surface area contributed by atoms with Crippen LogP contribution in [0.2, 0.25) is 0 Å². The van der Waals surface area contributed by atoms with Gasteiger partial charge in [-0.1, -0.05) is 35.9 Å². The number of rotatable bonds is 6. The van der Waals surface area contributed by atoms with Crippen LogP contribution in [0.5, 0.6) is 0 Å². The summed E-state index contributed by atoms with van der Waals surface area (Å²) < 4.78 is 0. The molecule has 2 saturated heterocycles. The molecule has 1 atom stereocenters. The molecule has 3 amide bonds. The molecule has 2 fully saturated rings. The number of nitrogens with one attached hydrogen (secondary N) is 2. The highest BCUT2D eigenvalue weighted by atomic mass is 16.2. The van der Waals surface area contributed by atoms with E-state index in [1.54, 1.807) is 4.90 Å². The lowest BCUT2D eigenvalue weighted by Gasteiger charge is -2.39.